The fourth-order valence-electron chi connectivity index (χ4n) is 1.81. The van der Waals surface area contributed by atoms with Crippen LogP contribution in [0.5, 0.6) is 5.75 Å². The van der Waals surface area contributed by atoms with Gasteiger partial charge in [-0.05, 0) is 18.2 Å². The summed E-state index contributed by atoms with van der Waals surface area (Å²) in [6.07, 6.45) is 0. The number of imide groups is 1. The van der Waals surface area contributed by atoms with Crippen LogP contribution in [0.15, 0.2) is 18.2 Å². The molecule has 1 fully saturated rings. The number of anilines is 1. The Bertz CT molecular complexity index is 578. The van der Waals surface area contributed by atoms with Gasteiger partial charge in [-0.25, -0.2) is 0 Å². The number of hydrogen-bond donors (Lipinski definition) is 1. The minimum atomic E-state index is -0.482. The lowest BCUT2D eigenvalue weighted by molar-refractivity contribution is -0.144. The van der Waals surface area contributed by atoms with Gasteiger partial charge in [0.2, 0.25) is 17.7 Å². The van der Waals surface area contributed by atoms with Gasteiger partial charge in [0.15, 0.2) is 0 Å². The highest BCUT2D eigenvalue weighted by Crippen LogP contribution is 2.27. The molecule has 3 amide bonds. The monoisotopic (exact) mass is 328 g/mol. The summed E-state index contributed by atoms with van der Waals surface area (Å²) in [5.41, 5.74) is 0.390. The molecule has 0 aromatic heterocycles. The van der Waals surface area contributed by atoms with Gasteiger partial charge in [0.25, 0.3) is 0 Å². The van der Waals surface area contributed by atoms with Crippen molar-refractivity contribution in [3.63, 3.8) is 0 Å². The molecule has 0 spiro atoms. The van der Waals surface area contributed by atoms with Gasteiger partial charge in [0.05, 0.1) is 24.3 Å². The van der Waals surface area contributed by atoms with Crippen LogP contribution in [0.4, 0.5) is 5.69 Å². The third kappa shape index (κ3) is 3.89. The van der Waals surface area contributed by atoms with Gasteiger partial charge < -0.3 is 10.1 Å². The van der Waals surface area contributed by atoms with Crippen molar-refractivity contribution in [3.8, 4) is 5.75 Å². The first-order valence-corrected chi connectivity index (χ1v) is 7.59. The number of rotatable bonds is 4. The van der Waals surface area contributed by atoms with Crippen LogP contribution in [0.1, 0.15) is 0 Å². The van der Waals surface area contributed by atoms with E-state index in [1.807, 2.05) is 0 Å². The molecule has 0 radical (unpaired) electrons. The van der Waals surface area contributed by atoms with Crippen LogP contribution in [0.25, 0.3) is 0 Å². The predicted octanol–water partition coefficient (Wildman–Crippen LogP) is 1.39. The molecule has 0 bridgehead atoms. The summed E-state index contributed by atoms with van der Waals surface area (Å²) in [7, 11) is 1.47. The van der Waals surface area contributed by atoms with Crippen molar-refractivity contribution >= 4 is 46.8 Å². The second kappa shape index (κ2) is 6.82. The minimum absolute atomic E-state index is 0.208. The molecule has 1 heterocycles. The van der Waals surface area contributed by atoms with Gasteiger partial charge in [0, 0.05) is 5.02 Å². The summed E-state index contributed by atoms with van der Waals surface area (Å²) >= 11 is 7.11. The van der Waals surface area contributed by atoms with Crippen LogP contribution in [0.2, 0.25) is 5.02 Å². The molecule has 8 heteroatoms. The molecule has 2 rings (SSSR count). The Morgan fingerprint density at radius 3 is 2.67 bits per heavy atom. The van der Waals surface area contributed by atoms with E-state index in [1.54, 1.807) is 12.1 Å². The minimum Gasteiger partial charge on any atom is -0.495 e. The highest BCUT2D eigenvalue weighted by atomic mass is 35.5. The number of hydrogen-bond acceptors (Lipinski definition) is 5. The Morgan fingerprint density at radius 2 is 2.05 bits per heavy atom. The van der Waals surface area contributed by atoms with E-state index in [9.17, 15) is 14.4 Å². The van der Waals surface area contributed by atoms with E-state index >= 15 is 0 Å². The maximum absolute atomic E-state index is 12.0. The van der Waals surface area contributed by atoms with Gasteiger partial charge in [-0.15, -0.1) is 11.8 Å². The number of carbonyl (C=O) groups is 3. The summed E-state index contributed by atoms with van der Waals surface area (Å²) in [6.45, 7) is -0.312. The second-order valence-electron chi connectivity index (χ2n) is 4.26. The fourth-order valence-corrected chi connectivity index (χ4v) is 2.74. The molecule has 1 aromatic rings. The van der Waals surface area contributed by atoms with Crippen LogP contribution in [-0.2, 0) is 14.4 Å². The molecule has 0 saturated carbocycles. The summed E-state index contributed by atoms with van der Waals surface area (Å²) in [5, 5.41) is 3.03. The first-order chi connectivity index (χ1) is 10.0. The van der Waals surface area contributed by atoms with Crippen LogP contribution in [0, 0.1) is 0 Å². The SMILES string of the molecule is COc1ccc(Cl)cc1NC(=O)CN1C(=O)CSCC1=O. The smallest absolute Gasteiger partial charge is 0.244 e. The van der Waals surface area contributed by atoms with Crippen LogP contribution >= 0.6 is 23.4 Å². The molecular formula is C13H13ClN2O4S. The zero-order valence-electron chi connectivity index (χ0n) is 11.2. The number of methoxy groups -OCH3 is 1. The van der Waals surface area contributed by atoms with Crippen molar-refractivity contribution in [2.45, 2.75) is 0 Å². The van der Waals surface area contributed by atoms with E-state index in [0.717, 1.165) is 4.90 Å². The summed E-state index contributed by atoms with van der Waals surface area (Å²) in [5.74, 6) is -0.336. The van der Waals surface area contributed by atoms with E-state index in [2.05, 4.69) is 5.32 Å². The zero-order valence-corrected chi connectivity index (χ0v) is 12.8. The molecule has 0 unspecified atom stereocenters. The van der Waals surface area contributed by atoms with E-state index in [4.69, 9.17) is 16.3 Å². The third-order valence-electron chi connectivity index (χ3n) is 2.79. The Labute approximate surface area is 130 Å². The van der Waals surface area contributed by atoms with Crippen molar-refractivity contribution in [1.82, 2.24) is 4.90 Å². The van der Waals surface area contributed by atoms with Crippen LogP contribution in [-0.4, -0.2) is 47.8 Å². The maximum Gasteiger partial charge on any atom is 0.244 e. The number of nitrogens with zero attached hydrogens (tertiary/aromatic N) is 1. The number of nitrogens with one attached hydrogen (secondary N) is 1. The van der Waals surface area contributed by atoms with Gasteiger partial charge in [-0.3, -0.25) is 19.3 Å². The molecule has 0 aliphatic carbocycles. The van der Waals surface area contributed by atoms with Crippen molar-refractivity contribution in [1.29, 1.82) is 0 Å². The van der Waals surface area contributed by atoms with Gasteiger partial charge in [-0.1, -0.05) is 11.6 Å². The molecule has 0 atom stereocenters. The first-order valence-electron chi connectivity index (χ1n) is 6.05. The lowest BCUT2D eigenvalue weighted by Crippen LogP contribution is -2.46. The third-order valence-corrected chi connectivity index (χ3v) is 3.93. The zero-order chi connectivity index (χ0) is 15.4. The summed E-state index contributed by atoms with van der Waals surface area (Å²) in [4.78, 5) is 36.2. The molecule has 6 nitrogen and oxygen atoms in total. The molecule has 1 aliphatic rings. The van der Waals surface area contributed by atoms with Gasteiger partial charge in [0.1, 0.15) is 12.3 Å². The standard InChI is InChI=1S/C13H13ClN2O4S/c1-20-10-3-2-8(14)4-9(10)15-11(17)5-16-12(18)6-21-7-13(16)19/h2-4H,5-7H2,1H3,(H,15,17). The highest BCUT2D eigenvalue weighted by Gasteiger charge is 2.28. The first kappa shape index (κ1) is 15.7. The van der Waals surface area contributed by atoms with Crippen molar-refractivity contribution in [3.05, 3.63) is 23.2 Å². The number of carbonyl (C=O) groups excluding carboxylic acids is 3. The van der Waals surface area contributed by atoms with Crippen LogP contribution < -0.4 is 10.1 Å². The van der Waals surface area contributed by atoms with Crippen LogP contribution in [0.3, 0.4) is 0 Å². The normalized spacial score (nSPS) is 15.0. The van der Waals surface area contributed by atoms with E-state index in [-0.39, 0.29) is 29.9 Å². The maximum atomic E-state index is 12.0. The van der Waals surface area contributed by atoms with E-state index < -0.39 is 5.91 Å². The van der Waals surface area contributed by atoms with Crippen molar-refractivity contribution in [2.75, 3.05) is 30.5 Å². The van der Waals surface area contributed by atoms with E-state index in [1.165, 1.54) is 24.9 Å². The number of thioether (sulfide) groups is 1. The second-order valence-corrected chi connectivity index (χ2v) is 5.68. The fraction of sp³-hybridized carbons (Fsp3) is 0.308. The predicted molar refractivity (Wildman–Crippen MR) is 80.7 cm³/mol. The van der Waals surface area contributed by atoms with Gasteiger partial charge >= 0.3 is 0 Å². The van der Waals surface area contributed by atoms with Crippen molar-refractivity contribution in [2.24, 2.45) is 0 Å². The number of ether oxygens (including phenoxy) is 1. The molecule has 112 valence electrons. The average Bonchev–Trinajstić information content (AvgIpc) is 2.43. The Morgan fingerprint density at radius 1 is 1.38 bits per heavy atom. The summed E-state index contributed by atoms with van der Waals surface area (Å²) < 4.78 is 5.11. The molecule has 1 N–H and O–H groups in total. The van der Waals surface area contributed by atoms with Gasteiger partial charge in [-0.2, -0.15) is 0 Å². The highest BCUT2D eigenvalue weighted by molar-refractivity contribution is 8.00. The molecular weight excluding hydrogens is 316 g/mol. The Kier molecular flexibility index (Phi) is 5.08. The quantitative estimate of drug-likeness (QED) is 0.845. The molecule has 1 aliphatic heterocycles. The lowest BCUT2D eigenvalue weighted by Gasteiger charge is -2.24. The number of halogens is 1. The largest absolute Gasteiger partial charge is 0.495 e. The molecule has 21 heavy (non-hydrogen) atoms. The van der Waals surface area contributed by atoms with E-state index in [0.29, 0.717) is 16.5 Å². The number of benzene rings is 1. The Balaban J connectivity index is 2.06. The summed E-state index contributed by atoms with van der Waals surface area (Å²) in [6, 6.07) is 4.78. The molecule has 1 aromatic carbocycles. The lowest BCUT2D eigenvalue weighted by atomic mass is 10.3. The topological polar surface area (TPSA) is 75.7 Å². The Hall–Kier alpha value is -1.73. The van der Waals surface area contributed by atoms with Crippen molar-refractivity contribution < 1.29 is 19.1 Å². The molecule has 1 saturated heterocycles. The number of amides is 3. The average molecular weight is 329 g/mol.